The topological polar surface area (TPSA) is 114 Å². The molecule has 2 aromatic heterocycles. The van der Waals surface area contributed by atoms with Gasteiger partial charge in [0, 0.05) is 17.0 Å². The van der Waals surface area contributed by atoms with E-state index in [0.717, 1.165) is 39.9 Å². The zero-order chi connectivity index (χ0) is 22.7. The Morgan fingerprint density at radius 2 is 2.03 bits per heavy atom. The summed E-state index contributed by atoms with van der Waals surface area (Å²) in [5, 5.41) is 14.6. The van der Waals surface area contributed by atoms with Gasteiger partial charge >= 0.3 is 0 Å². The highest BCUT2D eigenvalue weighted by molar-refractivity contribution is 6.28. The highest BCUT2D eigenvalue weighted by Crippen LogP contribution is 2.65. The summed E-state index contributed by atoms with van der Waals surface area (Å²) in [5.74, 6) is 2.32. The molecule has 0 unspecified atom stereocenters. The van der Waals surface area contributed by atoms with E-state index in [1.165, 1.54) is 13.3 Å². The first-order chi connectivity index (χ1) is 16.0. The standard InChI is InChI=1S/C23H19ClN6O3/c1-32-12-4-6-16-14(8-12)23(21(31)26-16)9-15(23)11-3-5-13-17(7-11)29-30-19(13)27-20-18(33-2)10-25-22(24)28-20/h3-8,10,15H,9H2,1-2H3,(H,26,31)(H2,25,27,28,29,30)/t15-,23-/m0/s1. The number of nitrogens with zero attached hydrogens (tertiary/aromatic N) is 3. The molecule has 6 rings (SSSR count). The molecule has 1 aliphatic heterocycles. The van der Waals surface area contributed by atoms with Crippen molar-refractivity contribution in [2.24, 2.45) is 0 Å². The molecule has 33 heavy (non-hydrogen) atoms. The molecule has 10 heteroatoms. The number of carbonyl (C=O) groups excluding carboxylic acids is 1. The van der Waals surface area contributed by atoms with Crippen LogP contribution >= 0.6 is 11.6 Å². The van der Waals surface area contributed by atoms with Crippen molar-refractivity contribution in [3.05, 3.63) is 59.0 Å². The molecule has 2 aromatic carbocycles. The second-order valence-electron chi connectivity index (χ2n) is 8.15. The maximum Gasteiger partial charge on any atom is 0.235 e. The van der Waals surface area contributed by atoms with Crippen LogP contribution in [0, 0.1) is 0 Å². The molecule has 3 N–H and O–H groups in total. The number of hydrogen-bond acceptors (Lipinski definition) is 7. The Hall–Kier alpha value is -3.85. The highest BCUT2D eigenvalue weighted by atomic mass is 35.5. The van der Waals surface area contributed by atoms with Crippen LogP contribution in [0.3, 0.4) is 0 Å². The number of methoxy groups -OCH3 is 2. The van der Waals surface area contributed by atoms with Gasteiger partial charge in [0.1, 0.15) is 5.75 Å². The molecule has 2 aliphatic rings. The van der Waals surface area contributed by atoms with E-state index in [9.17, 15) is 4.79 Å². The third-order valence-electron chi connectivity index (χ3n) is 6.49. The minimum Gasteiger partial charge on any atom is -0.497 e. The molecule has 9 nitrogen and oxygen atoms in total. The van der Waals surface area contributed by atoms with E-state index in [1.807, 2.05) is 36.4 Å². The van der Waals surface area contributed by atoms with Gasteiger partial charge in [0.15, 0.2) is 17.4 Å². The third-order valence-corrected chi connectivity index (χ3v) is 6.68. The maximum absolute atomic E-state index is 12.9. The number of H-pyrrole nitrogens is 1. The summed E-state index contributed by atoms with van der Waals surface area (Å²) in [6, 6.07) is 11.8. The normalized spacial score (nSPS) is 20.6. The van der Waals surface area contributed by atoms with Gasteiger partial charge in [0.25, 0.3) is 0 Å². The SMILES string of the molecule is COc1ccc2c(c1)[C@]1(C[C@H]1c1ccc3c(Nc4nc(Cl)ncc4OC)n[nH]c3c1)C(=O)N2. The molecule has 0 bridgehead atoms. The molecule has 1 fully saturated rings. The van der Waals surface area contributed by atoms with Gasteiger partial charge in [0.05, 0.1) is 31.3 Å². The number of ether oxygens (including phenoxy) is 2. The van der Waals surface area contributed by atoms with E-state index in [0.29, 0.717) is 17.4 Å². The summed E-state index contributed by atoms with van der Waals surface area (Å²) in [6.07, 6.45) is 2.25. The van der Waals surface area contributed by atoms with E-state index < -0.39 is 5.41 Å². The number of rotatable bonds is 5. The summed E-state index contributed by atoms with van der Waals surface area (Å²) in [7, 11) is 3.16. The predicted molar refractivity (Wildman–Crippen MR) is 124 cm³/mol. The van der Waals surface area contributed by atoms with E-state index in [2.05, 4.69) is 30.8 Å². The molecule has 0 radical (unpaired) electrons. The number of anilines is 3. The largest absolute Gasteiger partial charge is 0.497 e. The van der Waals surface area contributed by atoms with Gasteiger partial charge in [-0.2, -0.15) is 10.1 Å². The highest BCUT2D eigenvalue weighted by Gasteiger charge is 2.65. The molecular weight excluding hydrogens is 444 g/mol. The molecule has 3 heterocycles. The number of nitrogens with one attached hydrogen (secondary N) is 3. The average Bonchev–Trinajstić information content (AvgIpc) is 3.38. The lowest BCUT2D eigenvalue weighted by atomic mass is 9.91. The predicted octanol–water partition coefficient (Wildman–Crippen LogP) is 4.14. The molecule has 2 atom stereocenters. The van der Waals surface area contributed by atoms with Crippen LogP contribution in [-0.4, -0.2) is 40.3 Å². The summed E-state index contributed by atoms with van der Waals surface area (Å²) in [4.78, 5) is 21.1. The Labute approximate surface area is 193 Å². The first kappa shape index (κ1) is 19.8. The maximum atomic E-state index is 12.9. The molecular formula is C23H19ClN6O3. The fraction of sp³-hybridized carbons (Fsp3) is 0.217. The van der Waals surface area contributed by atoms with Crippen LogP contribution in [0.15, 0.2) is 42.6 Å². The van der Waals surface area contributed by atoms with Gasteiger partial charge < -0.3 is 20.1 Å². The third kappa shape index (κ3) is 2.92. The number of hydrogen-bond donors (Lipinski definition) is 3. The fourth-order valence-corrected chi connectivity index (χ4v) is 4.88. The van der Waals surface area contributed by atoms with Crippen molar-refractivity contribution in [3.8, 4) is 11.5 Å². The summed E-state index contributed by atoms with van der Waals surface area (Å²) < 4.78 is 10.7. The molecule has 1 amide bonds. The second kappa shape index (κ2) is 7.08. The van der Waals surface area contributed by atoms with E-state index >= 15 is 0 Å². The Balaban J connectivity index is 1.33. The van der Waals surface area contributed by atoms with Crippen LogP contribution < -0.4 is 20.1 Å². The van der Waals surface area contributed by atoms with Crippen LogP contribution in [0.2, 0.25) is 5.28 Å². The lowest BCUT2D eigenvalue weighted by Crippen LogP contribution is -2.21. The van der Waals surface area contributed by atoms with Gasteiger partial charge in [-0.15, -0.1) is 0 Å². The smallest absolute Gasteiger partial charge is 0.235 e. The van der Waals surface area contributed by atoms with Crippen molar-refractivity contribution in [1.82, 2.24) is 20.2 Å². The Kier molecular flexibility index (Phi) is 4.25. The van der Waals surface area contributed by atoms with Crippen molar-refractivity contribution >= 4 is 45.7 Å². The van der Waals surface area contributed by atoms with E-state index in [-0.39, 0.29) is 17.1 Å². The molecule has 1 spiro atoms. The quantitative estimate of drug-likeness (QED) is 0.382. The molecule has 1 saturated carbocycles. The van der Waals surface area contributed by atoms with Crippen molar-refractivity contribution in [2.75, 3.05) is 24.9 Å². The first-order valence-corrected chi connectivity index (χ1v) is 10.7. The van der Waals surface area contributed by atoms with Crippen LogP contribution in [0.25, 0.3) is 10.9 Å². The molecule has 1 aliphatic carbocycles. The number of benzene rings is 2. The number of aromatic amines is 1. The number of fused-ring (bicyclic) bond motifs is 3. The van der Waals surface area contributed by atoms with Crippen molar-refractivity contribution < 1.29 is 14.3 Å². The minimum atomic E-state index is -0.552. The van der Waals surface area contributed by atoms with E-state index in [1.54, 1.807) is 7.11 Å². The van der Waals surface area contributed by atoms with Gasteiger partial charge in [-0.3, -0.25) is 9.89 Å². The van der Waals surface area contributed by atoms with Crippen LogP contribution in [0.1, 0.15) is 23.5 Å². The summed E-state index contributed by atoms with van der Waals surface area (Å²) in [6.45, 7) is 0. The number of carbonyl (C=O) groups is 1. The van der Waals surface area contributed by atoms with Gasteiger partial charge in [0.2, 0.25) is 11.2 Å². The molecule has 0 saturated heterocycles. The second-order valence-corrected chi connectivity index (χ2v) is 8.49. The lowest BCUT2D eigenvalue weighted by molar-refractivity contribution is -0.118. The zero-order valence-electron chi connectivity index (χ0n) is 17.8. The van der Waals surface area contributed by atoms with Crippen LogP contribution in [0.4, 0.5) is 17.3 Å². The van der Waals surface area contributed by atoms with Gasteiger partial charge in [-0.25, -0.2) is 4.98 Å². The average molecular weight is 463 g/mol. The summed E-state index contributed by atoms with van der Waals surface area (Å²) in [5.41, 5.74) is 3.22. The van der Waals surface area contributed by atoms with Gasteiger partial charge in [-0.05, 0) is 59.5 Å². The number of aromatic nitrogens is 4. The monoisotopic (exact) mass is 462 g/mol. The lowest BCUT2D eigenvalue weighted by Gasteiger charge is -2.10. The fourth-order valence-electron chi connectivity index (χ4n) is 4.75. The number of amides is 1. The Morgan fingerprint density at radius 3 is 2.85 bits per heavy atom. The van der Waals surface area contributed by atoms with Crippen molar-refractivity contribution in [3.63, 3.8) is 0 Å². The number of halogens is 1. The van der Waals surface area contributed by atoms with E-state index in [4.69, 9.17) is 21.1 Å². The minimum absolute atomic E-state index is 0.0375. The Bertz CT molecular complexity index is 1440. The first-order valence-electron chi connectivity index (χ1n) is 10.3. The van der Waals surface area contributed by atoms with Crippen molar-refractivity contribution in [2.45, 2.75) is 17.8 Å². The molecule has 4 aromatic rings. The van der Waals surface area contributed by atoms with Crippen LogP contribution in [-0.2, 0) is 10.2 Å². The summed E-state index contributed by atoms with van der Waals surface area (Å²) >= 11 is 5.93. The Morgan fingerprint density at radius 1 is 1.15 bits per heavy atom. The molecule has 166 valence electrons. The van der Waals surface area contributed by atoms with Crippen LogP contribution in [0.5, 0.6) is 11.5 Å². The van der Waals surface area contributed by atoms with Crippen molar-refractivity contribution in [1.29, 1.82) is 0 Å². The van der Waals surface area contributed by atoms with Gasteiger partial charge in [-0.1, -0.05) is 6.07 Å². The zero-order valence-corrected chi connectivity index (χ0v) is 18.5.